The number of methoxy groups -OCH3 is 1. The Morgan fingerprint density at radius 3 is 2.23 bits per heavy atom. The molecule has 4 aromatic carbocycles. The monoisotopic (exact) mass is 556 g/mol. The number of amides is 1. The van der Waals surface area contributed by atoms with E-state index in [1.165, 1.54) is 61.7 Å². The standard InChI is InChI=1S/C28H23F3N2O5S/c1-37-25-16-20(12-14-26(25)39(32,35)36)33-27(34)19-11-13-22(21-9-5-6-10-23(21)28(29,30)31)24(15-19)38-17-18-7-3-2-4-8-18/h2-16H,17H2,1H3,(H,33,34)(H2,32,35,36). The minimum absolute atomic E-state index is 0.0549. The quantitative estimate of drug-likeness (QED) is 0.283. The molecule has 3 N–H and O–H groups in total. The molecule has 7 nitrogen and oxygen atoms in total. The van der Waals surface area contributed by atoms with Gasteiger partial charge in [0, 0.05) is 22.9 Å². The molecule has 0 aliphatic heterocycles. The van der Waals surface area contributed by atoms with Crippen LogP contribution in [0, 0.1) is 0 Å². The van der Waals surface area contributed by atoms with Crippen LogP contribution in [0.3, 0.4) is 0 Å². The Bertz CT molecular complexity index is 1610. The van der Waals surface area contributed by atoms with E-state index in [0.29, 0.717) is 0 Å². The molecule has 202 valence electrons. The smallest absolute Gasteiger partial charge is 0.417 e. The molecule has 0 aliphatic rings. The Kier molecular flexibility index (Phi) is 7.93. The van der Waals surface area contributed by atoms with E-state index in [2.05, 4.69) is 5.32 Å². The average Bonchev–Trinajstić information content (AvgIpc) is 2.91. The third-order valence-electron chi connectivity index (χ3n) is 5.73. The highest BCUT2D eigenvalue weighted by molar-refractivity contribution is 7.89. The number of sulfonamides is 1. The molecule has 0 aromatic heterocycles. The predicted octanol–water partition coefficient (Wildman–Crippen LogP) is 5.86. The number of nitrogens with two attached hydrogens (primary N) is 1. The maximum absolute atomic E-state index is 13.8. The zero-order valence-corrected chi connectivity index (χ0v) is 21.3. The zero-order valence-electron chi connectivity index (χ0n) is 20.5. The number of hydrogen-bond donors (Lipinski definition) is 2. The van der Waals surface area contributed by atoms with E-state index in [1.807, 2.05) is 6.07 Å². The van der Waals surface area contributed by atoms with Crippen molar-refractivity contribution in [1.82, 2.24) is 0 Å². The normalized spacial score (nSPS) is 11.6. The van der Waals surface area contributed by atoms with Gasteiger partial charge in [-0.15, -0.1) is 0 Å². The summed E-state index contributed by atoms with van der Waals surface area (Å²) in [5.41, 5.74) is 0.319. The van der Waals surface area contributed by atoms with Gasteiger partial charge in [0.15, 0.2) is 0 Å². The van der Waals surface area contributed by atoms with Crippen LogP contribution >= 0.6 is 0 Å². The van der Waals surface area contributed by atoms with Crippen LogP contribution in [-0.4, -0.2) is 21.4 Å². The van der Waals surface area contributed by atoms with Crippen molar-refractivity contribution in [3.05, 3.63) is 108 Å². The minimum atomic E-state index is -4.61. The molecular weight excluding hydrogens is 533 g/mol. The molecule has 0 heterocycles. The number of hydrogen-bond acceptors (Lipinski definition) is 5. The van der Waals surface area contributed by atoms with Gasteiger partial charge >= 0.3 is 6.18 Å². The second kappa shape index (κ2) is 11.2. The number of anilines is 1. The molecule has 0 fully saturated rings. The molecule has 39 heavy (non-hydrogen) atoms. The summed E-state index contributed by atoms with van der Waals surface area (Å²) >= 11 is 0. The van der Waals surface area contributed by atoms with Crippen molar-refractivity contribution in [2.75, 3.05) is 12.4 Å². The first kappa shape index (κ1) is 27.7. The van der Waals surface area contributed by atoms with Gasteiger partial charge in [-0.2, -0.15) is 13.2 Å². The summed E-state index contributed by atoms with van der Waals surface area (Å²) in [6.45, 7) is 0.0549. The third kappa shape index (κ3) is 6.57. The Morgan fingerprint density at radius 1 is 0.872 bits per heavy atom. The van der Waals surface area contributed by atoms with Crippen LogP contribution in [0.15, 0.2) is 95.9 Å². The van der Waals surface area contributed by atoms with Gasteiger partial charge in [-0.3, -0.25) is 4.79 Å². The van der Waals surface area contributed by atoms with Gasteiger partial charge in [0.2, 0.25) is 10.0 Å². The summed E-state index contributed by atoms with van der Waals surface area (Å²) in [4.78, 5) is 12.8. The van der Waals surface area contributed by atoms with Crippen LogP contribution in [0.25, 0.3) is 11.1 Å². The molecule has 4 rings (SSSR count). The highest BCUT2D eigenvalue weighted by Gasteiger charge is 2.34. The van der Waals surface area contributed by atoms with Crippen molar-refractivity contribution in [2.24, 2.45) is 5.14 Å². The van der Waals surface area contributed by atoms with Crippen molar-refractivity contribution >= 4 is 21.6 Å². The van der Waals surface area contributed by atoms with Gasteiger partial charge in [-0.1, -0.05) is 48.5 Å². The first-order valence-electron chi connectivity index (χ1n) is 11.5. The number of ether oxygens (including phenoxy) is 2. The summed E-state index contributed by atoms with van der Waals surface area (Å²) in [5, 5.41) is 7.80. The molecule has 0 radical (unpaired) electrons. The van der Waals surface area contributed by atoms with Gasteiger partial charge in [-0.05, 0) is 47.5 Å². The molecule has 0 spiro atoms. The maximum Gasteiger partial charge on any atom is 0.417 e. The predicted molar refractivity (Wildman–Crippen MR) is 140 cm³/mol. The van der Waals surface area contributed by atoms with Crippen LogP contribution in [0.1, 0.15) is 21.5 Å². The fourth-order valence-electron chi connectivity index (χ4n) is 3.89. The molecule has 0 saturated carbocycles. The van der Waals surface area contributed by atoms with Crippen LogP contribution in [0.2, 0.25) is 0 Å². The van der Waals surface area contributed by atoms with E-state index >= 15 is 0 Å². The lowest BCUT2D eigenvalue weighted by Crippen LogP contribution is -2.15. The molecule has 0 bridgehead atoms. The zero-order chi connectivity index (χ0) is 28.2. The van der Waals surface area contributed by atoms with E-state index < -0.39 is 27.7 Å². The van der Waals surface area contributed by atoms with Gasteiger partial charge < -0.3 is 14.8 Å². The lowest BCUT2D eigenvalue weighted by Gasteiger charge is -2.17. The maximum atomic E-state index is 13.8. The SMILES string of the molecule is COc1cc(NC(=O)c2ccc(-c3ccccc3C(F)(F)F)c(OCc3ccccc3)c2)ccc1S(N)(=O)=O. The van der Waals surface area contributed by atoms with Crippen molar-refractivity contribution in [3.8, 4) is 22.6 Å². The van der Waals surface area contributed by atoms with E-state index in [4.69, 9.17) is 14.6 Å². The van der Waals surface area contributed by atoms with Crippen LogP contribution in [-0.2, 0) is 22.8 Å². The van der Waals surface area contributed by atoms with Gasteiger partial charge in [0.25, 0.3) is 5.91 Å². The van der Waals surface area contributed by atoms with Gasteiger partial charge in [0.1, 0.15) is 23.0 Å². The Morgan fingerprint density at radius 2 is 1.56 bits per heavy atom. The van der Waals surface area contributed by atoms with Gasteiger partial charge in [-0.25, -0.2) is 13.6 Å². The minimum Gasteiger partial charge on any atom is -0.495 e. The lowest BCUT2D eigenvalue weighted by atomic mass is 9.97. The largest absolute Gasteiger partial charge is 0.495 e. The summed E-state index contributed by atoms with van der Waals surface area (Å²) in [5.74, 6) is -0.604. The molecule has 0 atom stereocenters. The first-order valence-corrected chi connectivity index (χ1v) is 13.0. The fraction of sp³-hybridized carbons (Fsp3) is 0.107. The van der Waals surface area contributed by atoms with Crippen LogP contribution in [0.5, 0.6) is 11.5 Å². The highest BCUT2D eigenvalue weighted by atomic mass is 32.2. The van der Waals surface area contributed by atoms with Crippen LogP contribution < -0.4 is 19.9 Å². The second-order valence-electron chi connectivity index (χ2n) is 8.39. The highest BCUT2D eigenvalue weighted by Crippen LogP contribution is 2.41. The van der Waals surface area contributed by atoms with Crippen molar-refractivity contribution in [1.29, 1.82) is 0 Å². The van der Waals surface area contributed by atoms with Crippen LogP contribution in [0.4, 0.5) is 18.9 Å². The Labute approximate surface area is 223 Å². The number of halogens is 3. The molecule has 11 heteroatoms. The number of primary sulfonamides is 1. The summed E-state index contributed by atoms with van der Waals surface area (Å²) < 4.78 is 75.8. The average molecular weight is 557 g/mol. The van der Waals surface area contributed by atoms with E-state index in [0.717, 1.165) is 11.6 Å². The third-order valence-corrected chi connectivity index (χ3v) is 6.68. The lowest BCUT2D eigenvalue weighted by molar-refractivity contribution is -0.137. The topological polar surface area (TPSA) is 108 Å². The number of alkyl halides is 3. The molecule has 0 saturated heterocycles. The van der Waals surface area contributed by atoms with Crippen molar-refractivity contribution < 1.29 is 35.9 Å². The first-order chi connectivity index (χ1) is 18.5. The number of nitrogens with one attached hydrogen (secondary N) is 1. The number of rotatable bonds is 8. The molecular formula is C28H23F3N2O5S. The summed E-state index contributed by atoms with van der Waals surface area (Å²) in [6.07, 6.45) is -4.61. The summed E-state index contributed by atoms with van der Waals surface area (Å²) in [7, 11) is -2.80. The fourth-order valence-corrected chi connectivity index (χ4v) is 4.57. The van der Waals surface area contributed by atoms with Crippen molar-refractivity contribution in [3.63, 3.8) is 0 Å². The van der Waals surface area contributed by atoms with E-state index in [9.17, 15) is 26.4 Å². The number of carbonyl (C=O) groups is 1. The number of carbonyl (C=O) groups excluding carboxylic acids is 1. The summed E-state index contributed by atoms with van der Waals surface area (Å²) in [6, 6.07) is 22.1. The molecule has 0 unspecified atom stereocenters. The molecule has 4 aromatic rings. The molecule has 1 amide bonds. The van der Waals surface area contributed by atoms with Gasteiger partial charge in [0.05, 0.1) is 12.7 Å². The Balaban J connectivity index is 1.71. The van der Waals surface area contributed by atoms with E-state index in [-0.39, 0.29) is 45.4 Å². The number of benzene rings is 4. The second-order valence-corrected chi connectivity index (χ2v) is 9.92. The molecule has 0 aliphatic carbocycles. The van der Waals surface area contributed by atoms with E-state index in [1.54, 1.807) is 24.3 Å². The van der Waals surface area contributed by atoms with Crippen molar-refractivity contribution in [2.45, 2.75) is 17.7 Å². The Hall–Kier alpha value is -4.35.